The van der Waals surface area contributed by atoms with Crippen LogP contribution in [0, 0.1) is 0 Å². The normalized spacial score (nSPS) is 12.4. The van der Waals surface area contributed by atoms with Crippen molar-refractivity contribution in [1.82, 2.24) is 9.13 Å². The largest absolute Gasteiger partial charge is 0.456 e. The van der Waals surface area contributed by atoms with Crippen molar-refractivity contribution in [1.29, 1.82) is 0 Å². The molecule has 0 aliphatic heterocycles. The molecule has 13 aromatic rings. The summed E-state index contributed by atoms with van der Waals surface area (Å²) < 4.78 is 10.6. The topological polar surface area (TPSA) is 23.0 Å². The Balaban J connectivity index is 0.000000114. The van der Waals surface area contributed by atoms with Gasteiger partial charge in [-0.2, -0.15) is 0 Å². The molecule has 3 heteroatoms. The molecular formula is C77H76N2O. The van der Waals surface area contributed by atoms with Crippen LogP contribution < -0.4 is 0 Å². The fourth-order valence-electron chi connectivity index (χ4n) is 11.6. The lowest BCUT2D eigenvalue weighted by atomic mass is 9.84. The minimum Gasteiger partial charge on any atom is -0.456 e. The van der Waals surface area contributed by atoms with Crippen LogP contribution in [-0.4, -0.2) is 9.13 Å². The van der Waals surface area contributed by atoms with Crippen LogP contribution in [0.3, 0.4) is 0 Å². The van der Waals surface area contributed by atoms with Crippen molar-refractivity contribution < 1.29 is 4.42 Å². The maximum atomic E-state index is 5.82. The monoisotopic (exact) mass is 1040 g/mol. The zero-order valence-corrected chi connectivity index (χ0v) is 48.9. The van der Waals surface area contributed by atoms with Crippen molar-refractivity contribution >= 4 is 65.6 Å². The zero-order chi connectivity index (χ0) is 56.1. The van der Waals surface area contributed by atoms with Crippen LogP contribution in [0.1, 0.15) is 116 Å². The Kier molecular flexibility index (Phi) is 14.1. The summed E-state index contributed by atoms with van der Waals surface area (Å²) in [5.41, 5.74) is 21.5. The molecule has 0 fully saturated rings. The third-order valence-corrected chi connectivity index (χ3v) is 16.0. The van der Waals surface area contributed by atoms with Gasteiger partial charge in [-0.3, -0.25) is 0 Å². The summed E-state index contributed by atoms with van der Waals surface area (Å²) in [6.07, 6.45) is 1.09. The second kappa shape index (κ2) is 21.0. The number of aromatic nitrogens is 2. The lowest BCUT2D eigenvalue weighted by molar-refractivity contribution is 0.589. The van der Waals surface area contributed by atoms with Gasteiger partial charge in [0.1, 0.15) is 11.2 Å². The molecule has 400 valence electrons. The highest BCUT2D eigenvalue weighted by Gasteiger charge is 2.24. The third kappa shape index (κ3) is 10.5. The maximum absolute atomic E-state index is 5.82. The maximum Gasteiger partial charge on any atom is 0.135 e. The van der Waals surface area contributed by atoms with E-state index < -0.39 is 0 Å². The van der Waals surface area contributed by atoms with Gasteiger partial charge in [0.05, 0.1) is 22.1 Å². The highest BCUT2D eigenvalue weighted by atomic mass is 16.3. The van der Waals surface area contributed by atoms with Gasteiger partial charge in [-0.1, -0.05) is 247 Å². The Labute approximate surface area is 474 Å². The lowest BCUT2D eigenvalue weighted by Gasteiger charge is -2.20. The average Bonchev–Trinajstić information content (AvgIpc) is 4.03. The van der Waals surface area contributed by atoms with Crippen LogP contribution >= 0.6 is 0 Å². The van der Waals surface area contributed by atoms with Gasteiger partial charge in [0.15, 0.2) is 0 Å². The number of hydrogen-bond acceptors (Lipinski definition) is 1. The van der Waals surface area contributed by atoms with Crippen molar-refractivity contribution in [3.05, 3.63) is 264 Å². The van der Waals surface area contributed by atoms with E-state index in [1.165, 1.54) is 110 Å². The van der Waals surface area contributed by atoms with Gasteiger partial charge >= 0.3 is 0 Å². The van der Waals surface area contributed by atoms with Gasteiger partial charge in [0, 0.05) is 43.7 Å². The first kappa shape index (κ1) is 53.6. The predicted octanol–water partition coefficient (Wildman–Crippen LogP) is 21.6. The Morgan fingerprint density at radius 1 is 0.300 bits per heavy atom. The van der Waals surface area contributed by atoms with Crippen molar-refractivity contribution in [2.24, 2.45) is 0 Å². The fraction of sp³-hybridized carbons (Fsp3) is 0.221. The minimum absolute atomic E-state index is 0.116. The number of hydrogen-bond donors (Lipinski definition) is 0. The van der Waals surface area contributed by atoms with Crippen LogP contribution in [0.5, 0.6) is 0 Å². The van der Waals surface area contributed by atoms with Gasteiger partial charge in [-0.05, 0) is 139 Å². The van der Waals surface area contributed by atoms with Crippen molar-refractivity contribution in [2.45, 2.75) is 111 Å². The SMILES string of the molecule is CC(C)(C)c1ccc2c(c1)Cc1ccccc1-2.CC(C)(C)c1ccc2c3ccccc3n(-c3ccccc3)c2c1.CC(C)(C)c1ccc2oc3ccccc3c2c1.CC(C)(C)c1cccc2c1c1ccccc1n2-c1ccccc1. The Morgan fingerprint density at radius 2 is 0.762 bits per heavy atom. The molecule has 3 nitrogen and oxygen atoms in total. The summed E-state index contributed by atoms with van der Waals surface area (Å²) in [5, 5.41) is 7.75. The number of fused-ring (bicyclic) bond motifs is 12. The first-order chi connectivity index (χ1) is 38.2. The van der Waals surface area contributed by atoms with E-state index in [2.05, 4.69) is 311 Å². The zero-order valence-electron chi connectivity index (χ0n) is 48.9. The average molecular weight is 1050 g/mol. The highest BCUT2D eigenvalue weighted by molar-refractivity contribution is 6.12. The number of furan rings is 1. The Morgan fingerprint density at radius 3 is 1.41 bits per heavy atom. The minimum atomic E-state index is 0.116. The number of rotatable bonds is 2. The summed E-state index contributed by atoms with van der Waals surface area (Å²) in [6, 6.07) is 82.6. The first-order valence-electron chi connectivity index (χ1n) is 28.5. The standard InChI is InChI=1S/2C22H21N.C17H18.C16H16O/c1-22(2,3)18-13-9-15-20-21(18)17-12-7-8-14-19(17)23(20)16-10-5-4-6-11-16;1-22(2,3)16-13-14-19-18-11-7-8-12-20(18)23(21(19)15-16)17-9-5-4-6-10-17;1-17(2,3)14-8-9-16-13(11-14)10-12-6-4-5-7-15(12)16;1-16(2,3)11-8-9-15-13(10-11)12-6-4-5-7-14(12)17-15/h2*4-15H,1-3H3;4-9,11H,10H2,1-3H3;4-10H,1-3H3. The molecule has 0 N–H and O–H groups in total. The predicted molar refractivity (Wildman–Crippen MR) is 345 cm³/mol. The van der Waals surface area contributed by atoms with E-state index in [-0.39, 0.29) is 21.7 Å². The van der Waals surface area contributed by atoms with Crippen molar-refractivity contribution in [3.8, 4) is 22.5 Å². The molecule has 0 spiro atoms. The molecule has 80 heavy (non-hydrogen) atoms. The Bertz CT molecular complexity index is 4300. The van der Waals surface area contributed by atoms with Crippen LogP contribution in [0.25, 0.3) is 88.1 Å². The second-order valence-electron chi connectivity index (χ2n) is 25.8. The van der Waals surface area contributed by atoms with Crippen LogP contribution in [0.2, 0.25) is 0 Å². The number of para-hydroxylation sites is 5. The van der Waals surface area contributed by atoms with E-state index >= 15 is 0 Å². The molecule has 3 heterocycles. The molecule has 0 unspecified atom stereocenters. The van der Waals surface area contributed by atoms with Gasteiger partial charge in [0.25, 0.3) is 0 Å². The summed E-state index contributed by atoms with van der Waals surface area (Å²) >= 11 is 0. The summed E-state index contributed by atoms with van der Waals surface area (Å²) in [4.78, 5) is 0. The highest BCUT2D eigenvalue weighted by Crippen LogP contribution is 2.41. The van der Waals surface area contributed by atoms with E-state index in [9.17, 15) is 0 Å². The first-order valence-corrected chi connectivity index (χ1v) is 28.5. The summed E-state index contributed by atoms with van der Waals surface area (Å²) in [6.45, 7) is 27.2. The molecule has 1 aliphatic carbocycles. The van der Waals surface area contributed by atoms with Crippen molar-refractivity contribution in [3.63, 3.8) is 0 Å². The number of benzene rings is 10. The van der Waals surface area contributed by atoms with Gasteiger partial charge < -0.3 is 13.6 Å². The molecule has 0 bridgehead atoms. The van der Waals surface area contributed by atoms with Crippen LogP contribution in [-0.2, 0) is 28.1 Å². The third-order valence-electron chi connectivity index (χ3n) is 16.0. The molecule has 0 radical (unpaired) electrons. The molecule has 1 aliphatic rings. The van der Waals surface area contributed by atoms with E-state index in [4.69, 9.17) is 4.42 Å². The Hall–Kier alpha value is -8.40. The smallest absolute Gasteiger partial charge is 0.135 e. The molecule has 14 rings (SSSR count). The molecule has 3 aromatic heterocycles. The molecule has 0 atom stereocenters. The van der Waals surface area contributed by atoms with Gasteiger partial charge in [-0.25, -0.2) is 0 Å². The van der Waals surface area contributed by atoms with E-state index in [0.29, 0.717) is 0 Å². The van der Waals surface area contributed by atoms with Crippen LogP contribution in [0.15, 0.2) is 235 Å². The quantitative estimate of drug-likeness (QED) is 0.169. The molecule has 10 aromatic carbocycles. The molecule has 0 saturated heterocycles. The molecular weight excluding hydrogens is 969 g/mol. The van der Waals surface area contributed by atoms with Crippen LogP contribution in [0.4, 0.5) is 0 Å². The lowest BCUT2D eigenvalue weighted by Crippen LogP contribution is -2.11. The summed E-state index contributed by atoms with van der Waals surface area (Å²) in [5.74, 6) is 0. The van der Waals surface area contributed by atoms with E-state index in [1.807, 2.05) is 12.1 Å². The van der Waals surface area contributed by atoms with E-state index in [1.54, 1.807) is 0 Å². The van der Waals surface area contributed by atoms with E-state index in [0.717, 1.165) is 17.6 Å². The fourth-order valence-corrected chi connectivity index (χ4v) is 11.6. The number of nitrogens with zero attached hydrogens (tertiary/aromatic N) is 2. The second-order valence-corrected chi connectivity index (χ2v) is 25.8. The molecule has 0 saturated carbocycles. The van der Waals surface area contributed by atoms with Crippen molar-refractivity contribution in [2.75, 3.05) is 0 Å². The summed E-state index contributed by atoms with van der Waals surface area (Å²) in [7, 11) is 0. The van der Waals surface area contributed by atoms with Gasteiger partial charge in [-0.15, -0.1) is 0 Å². The van der Waals surface area contributed by atoms with Gasteiger partial charge in [0.2, 0.25) is 0 Å². The molecule has 0 amide bonds.